The first-order valence-electron chi connectivity index (χ1n) is 10.6. The summed E-state index contributed by atoms with van der Waals surface area (Å²) in [4.78, 5) is 16.7. The number of hydrogen-bond donors (Lipinski definition) is 1. The smallest absolute Gasteiger partial charge is 0.234 e. The molecule has 0 radical (unpaired) electrons. The maximum Gasteiger partial charge on any atom is 0.234 e. The van der Waals surface area contributed by atoms with Crippen molar-refractivity contribution in [2.45, 2.75) is 33.2 Å². The highest BCUT2D eigenvalue weighted by atomic mass is 16.5. The number of piperazine rings is 1. The van der Waals surface area contributed by atoms with Crippen LogP contribution in [0.4, 0.5) is 0 Å². The van der Waals surface area contributed by atoms with Crippen LogP contribution >= 0.6 is 0 Å². The zero-order valence-corrected chi connectivity index (χ0v) is 17.2. The van der Waals surface area contributed by atoms with Gasteiger partial charge < -0.3 is 10.1 Å². The van der Waals surface area contributed by atoms with E-state index in [0.717, 1.165) is 64.5 Å². The van der Waals surface area contributed by atoms with E-state index >= 15 is 0 Å². The lowest BCUT2D eigenvalue weighted by molar-refractivity contribution is -0.122. The van der Waals surface area contributed by atoms with Gasteiger partial charge in [-0.3, -0.25) is 14.6 Å². The van der Waals surface area contributed by atoms with Crippen LogP contribution in [0.5, 0.6) is 5.75 Å². The number of fused-ring (bicyclic) bond motifs is 1. The average Bonchev–Trinajstić information content (AvgIpc) is 2.73. The first kappa shape index (κ1) is 20.6. The molecular formula is C23H33N3O2. The molecule has 1 heterocycles. The van der Waals surface area contributed by atoms with Crippen LogP contribution < -0.4 is 10.1 Å². The summed E-state index contributed by atoms with van der Waals surface area (Å²) in [7, 11) is 0. The number of ether oxygens (including phenoxy) is 1. The Morgan fingerprint density at radius 2 is 1.75 bits per heavy atom. The first-order chi connectivity index (χ1) is 13.7. The minimum Gasteiger partial charge on any atom is -0.493 e. The van der Waals surface area contributed by atoms with Gasteiger partial charge in [0.25, 0.3) is 0 Å². The molecule has 3 rings (SSSR count). The molecule has 1 fully saturated rings. The van der Waals surface area contributed by atoms with Crippen molar-refractivity contribution in [3.8, 4) is 5.75 Å². The van der Waals surface area contributed by atoms with Gasteiger partial charge in [-0.25, -0.2) is 0 Å². The van der Waals surface area contributed by atoms with Gasteiger partial charge >= 0.3 is 0 Å². The number of rotatable bonds is 9. The molecule has 2 aromatic carbocycles. The Bertz CT molecular complexity index is 770. The molecule has 5 nitrogen and oxygen atoms in total. The predicted octanol–water partition coefficient (Wildman–Crippen LogP) is 3.27. The van der Waals surface area contributed by atoms with Crippen LogP contribution in [-0.2, 0) is 11.3 Å². The molecule has 0 bridgehead atoms. The third-order valence-electron chi connectivity index (χ3n) is 5.25. The number of amides is 1. The fourth-order valence-electron chi connectivity index (χ4n) is 3.68. The van der Waals surface area contributed by atoms with Crippen molar-refractivity contribution < 1.29 is 9.53 Å². The van der Waals surface area contributed by atoms with Gasteiger partial charge in [-0.05, 0) is 29.7 Å². The predicted molar refractivity (Wildman–Crippen MR) is 115 cm³/mol. The first-order valence-corrected chi connectivity index (χ1v) is 10.6. The number of carbonyl (C=O) groups is 1. The Morgan fingerprint density at radius 3 is 2.50 bits per heavy atom. The fraction of sp³-hybridized carbons (Fsp3) is 0.522. The summed E-state index contributed by atoms with van der Waals surface area (Å²) in [6.45, 7) is 10.9. The van der Waals surface area contributed by atoms with E-state index in [2.05, 4.69) is 65.4 Å². The van der Waals surface area contributed by atoms with E-state index in [1.807, 2.05) is 0 Å². The van der Waals surface area contributed by atoms with Crippen molar-refractivity contribution >= 4 is 16.7 Å². The van der Waals surface area contributed by atoms with Crippen molar-refractivity contribution in [1.82, 2.24) is 15.1 Å². The molecule has 0 aromatic heterocycles. The van der Waals surface area contributed by atoms with E-state index in [0.29, 0.717) is 6.54 Å². The average molecular weight is 384 g/mol. The number of nitrogens with one attached hydrogen (secondary N) is 1. The molecule has 5 heteroatoms. The summed E-state index contributed by atoms with van der Waals surface area (Å²) in [6, 6.07) is 12.8. The number of carbonyl (C=O) groups excluding carboxylic acids is 1. The fourth-order valence-corrected chi connectivity index (χ4v) is 3.68. The van der Waals surface area contributed by atoms with Crippen molar-refractivity contribution in [2.75, 3.05) is 45.9 Å². The van der Waals surface area contributed by atoms with E-state index in [1.165, 1.54) is 16.3 Å². The molecule has 0 unspecified atom stereocenters. The second-order valence-corrected chi connectivity index (χ2v) is 7.51. The lowest BCUT2D eigenvalue weighted by Crippen LogP contribution is -2.49. The van der Waals surface area contributed by atoms with Crippen LogP contribution in [0.15, 0.2) is 36.4 Å². The normalized spacial score (nSPS) is 15.6. The largest absolute Gasteiger partial charge is 0.493 e. The molecular weight excluding hydrogens is 350 g/mol. The molecule has 152 valence electrons. The maximum atomic E-state index is 12.0. The van der Waals surface area contributed by atoms with Crippen molar-refractivity contribution in [1.29, 1.82) is 0 Å². The summed E-state index contributed by atoms with van der Waals surface area (Å²) in [5.74, 6) is 1.14. The molecule has 2 aromatic rings. The van der Waals surface area contributed by atoms with Gasteiger partial charge in [0.05, 0.1) is 13.2 Å². The molecule has 0 aliphatic carbocycles. The summed E-state index contributed by atoms with van der Waals surface area (Å²) >= 11 is 0. The van der Waals surface area contributed by atoms with Crippen LogP contribution in [0.25, 0.3) is 10.8 Å². The SMILES string of the molecule is CCCNC(=O)CN1CCN(Cc2c(OCCC)ccc3ccccc23)CC1. The zero-order valence-electron chi connectivity index (χ0n) is 17.2. The van der Waals surface area contributed by atoms with Crippen LogP contribution in [-0.4, -0.2) is 61.6 Å². The Hall–Kier alpha value is -2.11. The molecule has 0 atom stereocenters. The quantitative estimate of drug-likeness (QED) is 0.722. The van der Waals surface area contributed by atoms with E-state index in [1.54, 1.807) is 0 Å². The molecule has 1 aliphatic rings. The summed E-state index contributed by atoms with van der Waals surface area (Å²) < 4.78 is 6.06. The van der Waals surface area contributed by atoms with Crippen molar-refractivity contribution in [3.05, 3.63) is 42.0 Å². The Labute approximate surface area is 168 Å². The maximum absolute atomic E-state index is 12.0. The molecule has 1 N–H and O–H groups in total. The van der Waals surface area contributed by atoms with E-state index in [9.17, 15) is 4.79 Å². The van der Waals surface area contributed by atoms with Gasteiger partial charge in [-0.2, -0.15) is 0 Å². The van der Waals surface area contributed by atoms with E-state index in [4.69, 9.17) is 4.74 Å². The highest BCUT2D eigenvalue weighted by molar-refractivity contribution is 5.87. The van der Waals surface area contributed by atoms with E-state index in [-0.39, 0.29) is 5.91 Å². The third kappa shape index (κ3) is 5.46. The monoisotopic (exact) mass is 383 g/mol. The minimum atomic E-state index is 0.139. The van der Waals surface area contributed by atoms with Gasteiger partial charge in [0.1, 0.15) is 5.75 Å². The lowest BCUT2D eigenvalue weighted by atomic mass is 10.0. The molecule has 1 amide bonds. The van der Waals surface area contributed by atoms with Gasteiger partial charge in [0.2, 0.25) is 5.91 Å². The zero-order chi connectivity index (χ0) is 19.8. The van der Waals surface area contributed by atoms with Gasteiger partial charge in [-0.1, -0.05) is 44.2 Å². The van der Waals surface area contributed by atoms with Gasteiger partial charge in [0, 0.05) is 44.8 Å². The molecule has 0 spiro atoms. The number of nitrogens with zero attached hydrogens (tertiary/aromatic N) is 2. The van der Waals surface area contributed by atoms with Crippen LogP contribution in [0.3, 0.4) is 0 Å². The number of hydrogen-bond acceptors (Lipinski definition) is 4. The van der Waals surface area contributed by atoms with Gasteiger partial charge in [0.15, 0.2) is 0 Å². The Morgan fingerprint density at radius 1 is 1.00 bits per heavy atom. The lowest BCUT2D eigenvalue weighted by Gasteiger charge is -2.34. The van der Waals surface area contributed by atoms with Gasteiger partial charge in [-0.15, -0.1) is 0 Å². The second-order valence-electron chi connectivity index (χ2n) is 7.51. The topological polar surface area (TPSA) is 44.8 Å². The third-order valence-corrected chi connectivity index (χ3v) is 5.25. The van der Waals surface area contributed by atoms with E-state index < -0.39 is 0 Å². The number of benzene rings is 2. The Kier molecular flexibility index (Phi) is 7.69. The Balaban J connectivity index is 1.64. The standard InChI is InChI=1S/C23H33N3O2/c1-3-11-24-23(27)18-26-14-12-25(13-15-26)17-21-20-8-6-5-7-19(20)9-10-22(21)28-16-4-2/h5-10H,3-4,11-18H2,1-2H3,(H,24,27). The van der Waals surface area contributed by atoms with Crippen LogP contribution in [0.2, 0.25) is 0 Å². The molecule has 1 saturated heterocycles. The molecule has 1 aliphatic heterocycles. The summed E-state index contributed by atoms with van der Waals surface area (Å²) in [6.07, 6.45) is 1.98. The molecule has 0 saturated carbocycles. The minimum absolute atomic E-state index is 0.139. The second kappa shape index (κ2) is 10.4. The van der Waals surface area contributed by atoms with Crippen LogP contribution in [0, 0.1) is 0 Å². The van der Waals surface area contributed by atoms with Crippen molar-refractivity contribution in [2.24, 2.45) is 0 Å². The highest BCUT2D eigenvalue weighted by Crippen LogP contribution is 2.30. The van der Waals surface area contributed by atoms with Crippen LogP contribution in [0.1, 0.15) is 32.3 Å². The van der Waals surface area contributed by atoms with Crippen molar-refractivity contribution in [3.63, 3.8) is 0 Å². The summed E-state index contributed by atoms with van der Waals surface area (Å²) in [5, 5.41) is 5.50. The molecule has 28 heavy (non-hydrogen) atoms. The summed E-state index contributed by atoms with van der Waals surface area (Å²) in [5.41, 5.74) is 1.28. The highest BCUT2D eigenvalue weighted by Gasteiger charge is 2.21.